The second-order valence-corrected chi connectivity index (χ2v) is 11.1. The molecule has 28 heavy (non-hydrogen) atoms. The smallest absolute Gasteiger partial charge is 0.321 e. The van der Waals surface area contributed by atoms with E-state index in [9.17, 15) is 15.0 Å². The Hall–Kier alpha value is -0.600. The molecule has 0 aromatic heterocycles. The number of aliphatic hydroxyl groups is 1. The third-order valence-corrected chi connectivity index (χ3v) is 7.76. The molecule has 0 saturated carbocycles. The lowest BCUT2D eigenvalue weighted by molar-refractivity contribution is -0.193. The predicted octanol–water partition coefficient (Wildman–Crippen LogP) is 2.83. The fourth-order valence-corrected chi connectivity index (χ4v) is 5.42. The maximum absolute atomic E-state index is 11.3. The summed E-state index contributed by atoms with van der Waals surface area (Å²) < 4.78 is 11.5. The molecule has 2 heterocycles. The summed E-state index contributed by atoms with van der Waals surface area (Å²) >= 11 is 1.50. The SMILES string of the molecule is C=C1CCCCC(C)(C)C2C(CSC(C)(C)[C@@H](N)C(=O)O)OCC(OC1)C2O. The molecule has 4 N–H and O–H groups in total. The number of fused-ring (bicyclic) bond motifs is 2. The number of thioether (sulfide) groups is 1. The van der Waals surface area contributed by atoms with E-state index in [2.05, 4.69) is 20.4 Å². The molecular formula is C21H37NO5S. The molecule has 0 radical (unpaired) electrons. The highest BCUT2D eigenvalue weighted by molar-refractivity contribution is 8.00. The van der Waals surface area contributed by atoms with Crippen LogP contribution in [0.4, 0.5) is 0 Å². The Balaban J connectivity index is 2.17. The van der Waals surface area contributed by atoms with Crippen LogP contribution in [0.1, 0.15) is 53.4 Å². The number of hydrogen-bond acceptors (Lipinski definition) is 6. The van der Waals surface area contributed by atoms with Gasteiger partial charge in [-0.2, -0.15) is 11.8 Å². The molecule has 5 atom stereocenters. The van der Waals surface area contributed by atoms with Crippen molar-refractivity contribution in [3.63, 3.8) is 0 Å². The lowest BCUT2D eigenvalue weighted by Gasteiger charge is -2.48. The molecule has 0 amide bonds. The number of rotatable bonds is 5. The maximum Gasteiger partial charge on any atom is 0.321 e. The van der Waals surface area contributed by atoms with Crippen LogP contribution in [0.25, 0.3) is 0 Å². The Morgan fingerprint density at radius 3 is 2.71 bits per heavy atom. The van der Waals surface area contributed by atoms with E-state index in [1.807, 2.05) is 13.8 Å². The first-order valence-electron chi connectivity index (χ1n) is 10.2. The molecule has 4 unspecified atom stereocenters. The van der Waals surface area contributed by atoms with Gasteiger partial charge in [0.15, 0.2) is 0 Å². The van der Waals surface area contributed by atoms with E-state index in [0.717, 1.165) is 31.3 Å². The van der Waals surface area contributed by atoms with E-state index in [-0.39, 0.29) is 23.5 Å². The molecule has 2 bridgehead atoms. The third kappa shape index (κ3) is 5.72. The highest BCUT2D eigenvalue weighted by atomic mass is 32.2. The van der Waals surface area contributed by atoms with Crippen LogP contribution < -0.4 is 5.73 Å². The standard InChI is InChI=1S/C21H37NO5S/c1-13-8-6-7-9-20(2,3)16-15(27-11-14(17(16)23)26-10-13)12-28-21(4,5)18(22)19(24)25/h14-18,23H,1,6-12,22H2,2-5H3,(H,24,25)/t14?,15?,16?,17?,18-/m0/s1. The van der Waals surface area contributed by atoms with Gasteiger partial charge in [0.05, 0.1) is 25.4 Å². The first-order valence-corrected chi connectivity index (χ1v) is 11.1. The van der Waals surface area contributed by atoms with Gasteiger partial charge in [-0.3, -0.25) is 4.79 Å². The first kappa shape index (κ1) is 23.7. The Kier molecular flexibility index (Phi) is 8.01. The molecule has 0 aliphatic carbocycles. The van der Waals surface area contributed by atoms with Crippen LogP contribution in [-0.4, -0.2) is 64.2 Å². The van der Waals surface area contributed by atoms with E-state index >= 15 is 0 Å². The summed E-state index contributed by atoms with van der Waals surface area (Å²) in [4.78, 5) is 11.3. The molecule has 2 fully saturated rings. The molecular weight excluding hydrogens is 378 g/mol. The van der Waals surface area contributed by atoms with Crippen molar-refractivity contribution in [2.45, 2.75) is 82.5 Å². The lowest BCUT2D eigenvalue weighted by Crippen LogP contribution is -2.56. The van der Waals surface area contributed by atoms with Gasteiger partial charge in [0, 0.05) is 16.4 Å². The van der Waals surface area contributed by atoms with Gasteiger partial charge in [0.1, 0.15) is 12.1 Å². The fourth-order valence-electron chi connectivity index (χ4n) is 4.24. The molecule has 0 spiro atoms. The second kappa shape index (κ2) is 9.47. The van der Waals surface area contributed by atoms with Gasteiger partial charge in [-0.05, 0) is 38.5 Å². The van der Waals surface area contributed by atoms with E-state index in [1.54, 1.807) is 0 Å². The van der Waals surface area contributed by atoms with Crippen molar-refractivity contribution in [2.24, 2.45) is 17.1 Å². The summed E-state index contributed by atoms with van der Waals surface area (Å²) in [6.07, 6.45) is 2.89. The first-order chi connectivity index (χ1) is 13.0. The molecule has 2 aliphatic rings. The van der Waals surface area contributed by atoms with Crippen LogP contribution in [-0.2, 0) is 14.3 Å². The Morgan fingerprint density at radius 2 is 2.07 bits per heavy atom. The van der Waals surface area contributed by atoms with Crippen LogP contribution in [0.15, 0.2) is 12.2 Å². The molecule has 7 heteroatoms. The topological polar surface area (TPSA) is 102 Å². The third-order valence-electron chi connectivity index (χ3n) is 6.26. The van der Waals surface area contributed by atoms with Crippen molar-refractivity contribution >= 4 is 17.7 Å². The molecule has 0 aromatic carbocycles. The minimum Gasteiger partial charge on any atom is -0.480 e. The summed E-state index contributed by atoms with van der Waals surface area (Å²) in [5.41, 5.74) is 6.80. The van der Waals surface area contributed by atoms with Crippen LogP contribution in [0, 0.1) is 11.3 Å². The summed E-state index contributed by atoms with van der Waals surface area (Å²) in [5, 5.41) is 20.4. The minimum absolute atomic E-state index is 0.0954. The zero-order valence-electron chi connectivity index (χ0n) is 17.6. The molecule has 6 nitrogen and oxygen atoms in total. The number of ether oxygens (including phenoxy) is 2. The monoisotopic (exact) mass is 415 g/mol. The molecule has 0 aromatic rings. The van der Waals surface area contributed by atoms with E-state index in [0.29, 0.717) is 19.0 Å². The number of carboxylic acid groups (broad SMARTS) is 1. The van der Waals surface area contributed by atoms with Gasteiger partial charge in [0.2, 0.25) is 0 Å². The van der Waals surface area contributed by atoms with Crippen LogP contribution in [0.2, 0.25) is 0 Å². The van der Waals surface area contributed by atoms with Crippen LogP contribution in [0.5, 0.6) is 0 Å². The highest BCUT2D eigenvalue weighted by Crippen LogP contribution is 2.44. The number of carboxylic acids is 1. The van der Waals surface area contributed by atoms with Gasteiger partial charge in [-0.25, -0.2) is 0 Å². The largest absolute Gasteiger partial charge is 0.480 e. The summed E-state index contributed by atoms with van der Waals surface area (Å²) in [7, 11) is 0. The van der Waals surface area contributed by atoms with Crippen molar-refractivity contribution in [3.8, 4) is 0 Å². The second-order valence-electron chi connectivity index (χ2n) is 9.41. The quantitative estimate of drug-likeness (QED) is 0.593. The zero-order chi connectivity index (χ0) is 21.1. The number of carbonyl (C=O) groups is 1. The molecule has 2 rings (SSSR count). The zero-order valence-corrected chi connectivity index (χ0v) is 18.5. The highest BCUT2D eigenvalue weighted by Gasteiger charge is 2.48. The fraction of sp³-hybridized carbons (Fsp3) is 0.857. The van der Waals surface area contributed by atoms with Gasteiger partial charge in [-0.15, -0.1) is 0 Å². The molecule has 2 saturated heterocycles. The summed E-state index contributed by atoms with van der Waals surface area (Å²) in [6, 6.07) is -0.964. The Bertz CT molecular complexity index is 565. The summed E-state index contributed by atoms with van der Waals surface area (Å²) in [6.45, 7) is 12.9. The van der Waals surface area contributed by atoms with Crippen molar-refractivity contribution in [1.29, 1.82) is 0 Å². The Labute approximate surface area is 173 Å². The summed E-state index contributed by atoms with van der Waals surface area (Å²) in [5.74, 6) is -0.522. The minimum atomic E-state index is -1.01. The Morgan fingerprint density at radius 1 is 1.39 bits per heavy atom. The average Bonchev–Trinajstić information content (AvgIpc) is 2.62. The van der Waals surface area contributed by atoms with Crippen molar-refractivity contribution in [3.05, 3.63) is 12.2 Å². The van der Waals surface area contributed by atoms with Gasteiger partial charge >= 0.3 is 5.97 Å². The van der Waals surface area contributed by atoms with Gasteiger partial charge < -0.3 is 25.4 Å². The van der Waals surface area contributed by atoms with Crippen molar-refractivity contribution in [2.75, 3.05) is 19.0 Å². The van der Waals surface area contributed by atoms with Crippen LogP contribution in [0.3, 0.4) is 0 Å². The number of aliphatic carboxylic acids is 1. The van der Waals surface area contributed by atoms with E-state index < -0.39 is 22.9 Å². The van der Waals surface area contributed by atoms with Crippen molar-refractivity contribution in [1.82, 2.24) is 0 Å². The van der Waals surface area contributed by atoms with Crippen LogP contribution >= 0.6 is 11.8 Å². The maximum atomic E-state index is 11.3. The normalized spacial score (nSPS) is 33.0. The van der Waals surface area contributed by atoms with E-state index in [4.69, 9.17) is 15.2 Å². The van der Waals surface area contributed by atoms with Crippen molar-refractivity contribution < 1.29 is 24.5 Å². The van der Waals surface area contributed by atoms with Gasteiger partial charge in [-0.1, -0.05) is 32.4 Å². The van der Waals surface area contributed by atoms with Gasteiger partial charge in [0.25, 0.3) is 0 Å². The number of hydrogen-bond donors (Lipinski definition) is 3. The van der Waals surface area contributed by atoms with E-state index in [1.165, 1.54) is 11.8 Å². The molecule has 2 aliphatic heterocycles. The lowest BCUT2D eigenvalue weighted by atomic mass is 9.68. The number of nitrogens with two attached hydrogens (primary N) is 1. The average molecular weight is 416 g/mol. The number of aliphatic hydroxyl groups excluding tert-OH is 1. The predicted molar refractivity (Wildman–Crippen MR) is 113 cm³/mol. The molecule has 162 valence electrons.